The third kappa shape index (κ3) is 5.58. The Labute approximate surface area is 96.8 Å². The fourth-order valence-corrected chi connectivity index (χ4v) is 2.78. The van der Waals surface area contributed by atoms with E-state index in [0.29, 0.717) is 0 Å². The van der Waals surface area contributed by atoms with E-state index in [9.17, 15) is 0 Å². The van der Waals surface area contributed by atoms with Gasteiger partial charge in [0.2, 0.25) is 0 Å². The first-order chi connectivity index (χ1) is 7.34. The predicted molar refractivity (Wildman–Crippen MR) is 68.5 cm³/mol. The number of hydrogen-bond acceptors (Lipinski definition) is 0. The Morgan fingerprint density at radius 1 is 0.933 bits per heavy atom. The second kappa shape index (κ2) is 8.19. The van der Waals surface area contributed by atoms with Crippen molar-refractivity contribution in [2.75, 3.05) is 0 Å². The van der Waals surface area contributed by atoms with Crippen LogP contribution >= 0.6 is 0 Å². The Kier molecular flexibility index (Phi) is 7.13. The molecule has 0 aromatic heterocycles. The molecule has 15 heavy (non-hydrogen) atoms. The van der Waals surface area contributed by atoms with Crippen molar-refractivity contribution in [3.05, 3.63) is 13.8 Å². The maximum atomic E-state index is 4.34. The summed E-state index contributed by atoms with van der Waals surface area (Å²) in [4.78, 5) is 0. The third-order valence-electron chi connectivity index (χ3n) is 3.89. The van der Waals surface area contributed by atoms with Crippen molar-refractivity contribution in [1.82, 2.24) is 0 Å². The van der Waals surface area contributed by atoms with Crippen molar-refractivity contribution in [1.29, 1.82) is 0 Å². The second-order valence-electron chi connectivity index (χ2n) is 5.21. The Hall–Kier alpha value is 0. The quantitative estimate of drug-likeness (QED) is 0.481. The van der Waals surface area contributed by atoms with Crippen molar-refractivity contribution in [3.63, 3.8) is 0 Å². The third-order valence-corrected chi connectivity index (χ3v) is 3.89. The van der Waals surface area contributed by atoms with Gasteiger partial charge in [0.05, 0.1) is 0 Å². The fraction of sp³-hybridized carbons (Fsp3) is 0.867. The van der Waals surface area contributed by atoms with Crippen molar-refractivity contribution in [2.45, 2.75) is 70.6 Å². The summed E-state index contributed by atoms with van der Waals surface area (Å²) in [6.07, 6.45) is 15.2. The molecule has 88 valence electrons. The molecule has 0 aliphatic heterocycles. The smallest absolute Gasteiger partial charge is 0.0386 e. The van der Waals surface area contributed by atoms with Gasteiger partial charge in [-0.05, 0) is 18.8 Å². The highest BCUT2D eigenvalue weighted by molar-refractivity contribution is 4.76. The molecule has 0 aromatic rings. The monoisotopic (exact) mass is 208 g/mol. The van der Waals surface area contributed by atoms with Crippen molar-refractivity contribution < 1.29 is 0 Å². The van der Waals surface area contributed by atoms with Crippen molar-refractivity contribution in [3.8, 4) is 0 Å². The summed E-state index contributed by atoms with van der Waals surface area (Å²) < 4.78 is 0. The summed E-state index contributed by atoms with van der Waals surface area (Å²) in [7, 11) is 0. The van der Waals surface area contributed by atoms with E-state index in [1.165, 1.54) is 64.2 Å². The molecule has 1 saturated carbocycles. The highest BCUT2D eigenvalue weighted by Gasteiger charge is 2.20. The van der Waals surface area contributed by atoms with Gasteiger partial charge in [0.25, 0.3) is 0 Å². The second-order valence-corrected chi connectivity index (χ2v) is 5.21. The van der Waals surface area contributed by atoms with E-state index in [1.807, 2.05) is 0 Å². The lowest BCUT2D eigenvalue weighted by atomic mass is 9.88. The van der Waals surface area contributed by atoms with Gasteiger partial charge < -0.3 is 0 Å². The summed E-state index contributed by atoms with van der Waals surface area (Å²) in [5.74, 6) is 1.71. The van der Waals surface area contributed by atoms with E-state index >= 15 is 0 Å². The summed E-state index contributed by atoms with van der Waals surface area (Å²) in [5, 5.41) is 0. The van der Waals surface area contributed by atoms with E-state index in [0.717, 1.165) is 18.3 Å². The highest BCUT2D eigenvalue weighted by Crippen LogP contribution is 2.33. The Bertz CT molecular complexity index is 133. The topological polar surface area (TPSA) is 0 Å². The zero-order valence-corrected chi connectivity index (χ0v) is 10.3. The zero-order chi connectivity index (χ0) is 10.9. The first-order valence-corrected chi connectivity index (χ1v) is 6.97. The van der Waals surface area contributed by atoms with Gasteiger partial charge in [-0.1, -0.05) is 77.6 Å². The van der Waals surface area contributed by atoms with Crippen LogP contribution in [0.4, 0.5) is 0 Å². The average molecular weight is 208 g/mol. The van der Waals surface area contributed by atoms with Crippen LogP contribution in [0.25, 0.3) is 0 Å². The molecular weight excluding hydrogens is 180 g/mol. The summed E-state index contributed by atoms with van der Waals surface area (Å²) in [5.41, 5.74) is 0. The van der Waals surface area contributed by atoms with Gasteiger partial charge in [-0.15, -0.1) is 0 Å². The van der Waals surface area contributed by atoms with Gasteiger partial charge in [0.1, 0.15) is 0 Å². The molecule has 0 nitrogen and oxygen atoms in total. The zero-order valence-electron chi connectivity index (χ0n) is 10.3. The van der Waals surface area contributed by atoms with E-state index in [1.54, 1.807) is 0 Å². The summed E-state index contributed by atoms with van der Waals surface area (Å²) in [6, 6.07) is 0. The minimum atomic E-state index is 0.750. The van der Waals surface area contributed by atoms with Gasteiger partial charge in [-0.25, -0.2) is 0 Å². The van der Waals surface area contributed by atoms with E-state index < -0.39 is 0 Å². The fourth-order valence-electron chi connectivity index (χ4n) is 2.78. The van der Waals surface area contributed by atoms with Crippen LogP contribution in [-0.2, 0) is 0 Å². The Morgan fingerprint density at radius 2 is 1.53 bits per heavy atom. The minimum absolute atomic E-state index is 0.750. The lowest BCUT2D eigenvalue weighted by molar-refractivity contribution is 0.366. The van der Waals surface area contributed by atoms with Crippen molar-refractivity contribution in [2.24, 2.45) is 11.8 Å². The molecule has 0 N–H and O–H groups in total. The minimum Gasteiger partial charge on any atom is -0.0533 e. The normalized spacial score (nSPS) is 19.6. The SMILES string of the molecule is [CH2]CCCCCCCC([CH2])C1CCCC1. The molecule has 1 fully saturated rings. The van der Waals surface area contributed by atoms with Crippen LogP contribution in [0.5, 0.6) is 0 Å². The molecule has 1 unspecified atom stereocenters. The Balaban J connectivity index is 1.90. The van der Waals surface area contributed by atoms with Crippen molar-refractivity contribution >= 4 is 0 Å². The first-order valence-electron chi connectivity index (χ1n) is 6.97. The summed E-state index contributed by atoms with van der Waals surface area (Å²) in [6.45, 7) is 8.22. The van der Waals surface area contributed by atoms with Gasteiger partial charge in [0, 0.05) is 0 Å². The molecule has 1 aliphatic carbocycles. The van der Waals surface area contributed by atoms with Gasteiger partial charge >= 0.3 is 0 Å². The maximum absolute atomic E-state index is 4.34. The van der Waals surface area contributed by atoms with Crippen LogP contribution < -0.4 is 0 Å². The number of unbranched alkanes of at least 4 members (excludes halogenated alkanes) is 5. The predicted octanol–water partition coefficient (Wildman–Crippen LogP) is 5.19. The highest BCUT2D eigenvalue weighted by atomic mass is 14.3. The standard InChI is InChI=1S/C15H28/c1-3-4-5-6-7-8-11-14(2)15-12-9-10-13-15/h14-15H,1-13H2. The molecular formula is C15H28. The van der Waals surface area contributed by atoms with Crippen LogP contribution in [0.2, 0.25) is 0 Å². The molecule has 1 rings (SSSR count). The van der Waals surface area contributed by atoms with Crippen LogP contribution in [0.1, 0.15) is 70.6 Å². The molecule has 0 heteroatoms. The molecule has 0 saturated heterocycles. The molecule has 0 spiro atoms. The molecule has 1 aliphatic rings. The Morgan fingerprint density at radius 3 is 2.20 bits per heavy atom. The van der Waals surface area contributed by atoms with E-state index in [4.69, 9.17) is 0 Å². The first kappa shape index (κ1) is 13.1. The largest absolute Gasteiger partial charge is 0.0533 e. The maximum Gasteiger partial charge on any atom is -0.0386 e. The van der Waals surface area contributed by atoms with Crippen LogP contribution in [-0.4, -0.2) is 0 Å². The average Bonchev–Trinajstić information content (AvgIpc) is 2.76. The lowest BCUT2D eigenvalue weighted by Crippen LogP contribution is -2.07. The number of hydrogen-bond donors (Lipinski definition) is 0. The molecule has 1 atom stereocenters. The van der Waals surface area contributed by atoms with Crippen LogP contribution in [0.3, 0.4) is 0 Å². The molecule has 0 bridgehead atoms. The number of rotatable bonds is 8. The molecule has 0 amide bonds. The van der Waals surface area contributed by atoms with Gasteiger partial charge in [0.15, 0.2) is 0 Å². The van der Waals surface area contributed by atoms with Gasteiger partial charge in [-0.3, -0.25) is 0 Å². The van der Waals surface area contributed by atoms with E-state index in [2.05, 4.69) is 13.8 Å². The molecule has 0 aromatic carbocycles. The molecule has 0 heterocycles. The van der Waals surface area contributed by atoms with Gasteiger partial charge in [-0.2, -0.15) is 0 Å². The van der Waals surface area contributed by atoms with E-state index in [-0.39, 0.29) is 0 Å². The van der Waals surface area contributed by atoms with Crippen LogP contribution in [0, 0.1) is 25.7 Å². The summed E-state index contributed by atoms with van der Waals surface area (Å²) >= 11 is 0. The lowest BCUT2D eigenvalue weighted by Gasteiger charge is -2.18. The van der Waals surface area contributed by atoms with Crippen LogP contribution in [0.15, 0.2) is 0 Å². The molecule has 2 radical (unpaired) electrons.